The lowest BCUT2D eigenvalue weighted by Crippen LogP contribution is -2.44. The molecular formula is C16H23NO4S. The van der Waals surface area contributed by atoms with E-state index < -0.39 is 11.9 Å². The zero-order chi connectivity index (χ0) is 15.9. The van der Waals surface area contributed by atoms with Gasteiger partial charge >= 0.3 is 5.97 Å². The van der Waals surface area contributed by atoms with Gasteiger partial charge in [0.25, 0.3) is 0 Å². The summed E-state index contributed by atoms with van der Waals surface area (Å²) in [5.41, 5.74) is 0. The molecule has 1 aromatic rings. The lowest BCUT2D eigenvalue weighted by Gasteiger charge is -2.37. The van der Waals surface area contributed by atoms with Gasteiger partial charge < -0.3 is 10.2 Å². The summed E-state index contributed by atoms with van der Waals surface area (Å²) in [6, 6.07) is 3.82. The van der Waals surface area contributed by atoms with Crippen molar-refractivity contribution in [3.8, 4) is 0 Å². The number of thiophene rings is 1. The number of piperidine rings is 1. The van der Waals surface area contributed by atoms with Crippen molar-refractivity contribution in [3.63, 3.8) is 0 Å². The summed E-state index contributed by atoms with van der Waals surface area (Å²) in [5, 5.41) is 20.1. The maximum Gasteiger partial charge on any atom is 0.304 e. The number of carboxylic acid groups (broad SMARTS) is 1. The van der Waals surface area contributed by atoms with E-state index in [-0.39, 0.29) is 24.9 Å². The van der Waals surface area contributed by atoms with Crippen molar-refractivity contribution in [2.45, 2.75) is 38.1 Å². The van der Waals surface area contributed by atoms with E-state index in [9.17, 15) is 14.7 Å². The van der Waals surface area contributed by atoms with Crippen LogP contribution in [0.2, 0.25) is 0 Å². The maximum atomic E-state index is 12.6. The van der Waals surface area contributed by atoms with E-state index in [1.165, 1.54) is 11.3 Å². The molecule has 0 radical (unpaired) electrons. The van der Waals surface area contributed by atoms with E-state index in [2.05, 4.69) is 4.90 Å². The highest BCUT2D eigenvalue weighted by Gasteiger charge is 2.30. The largest absolute Gasteiger partial charge is 0.481 e. The summed E-state index contributed by atoms with van der Waals surface area (Å²) < 4.78 is 0. The van der Waals surface area contributed by atoms with Crippen LogP contribution in [0.15, 0.2) is 17.5 Å². The van der Waals surface area contributed by atoms with Crippen LogP contribution in [0.4, 0.5) is 0 Å². The molecule has 1 fully saturated rings. The fourth-order valence-electron chi connectivity index (χ4n) is 3.13. The molecular weight excluding hydrogens is 302 g/mol. The van der Waals surface area contributed by atoms with E-state index in [0.717, 1.165) is 25.8 Å². The number of ketones is 1. The Labute approximate surface area is 134 Å². The van der Waals surface area contributed by atoms with Gasteiger partial charge in [-0.15, -0.1) is 11.3 Å². The van der Waals surface area contributed by atoms with Crippen LogP contribution in [0.5, 0.6) is 0 Å². The molecule has 5 nitrogen and oxygen atoms in total. The van der Waals surface area contributed by atoms with Gasteiger partial charge in [-0.1, -0.05) is 12.5 Å². The van der Waals surface area contributed by atoms with E-state index >= 15 is 0 Å². The lowest BCUT2D eigenvalue weighted by atomic mass is 9.93. The van der Waals surface area contributed by atoms with Crippen LogP contribution in [0.3, 0.4) is 0 Å². The number of carbonyl (C=O) groups is 2. The number of carboxylic acids is 1. The van der Waals surface area contributed by atoms with Crippen LogP contribution in [0, 0.1) is 5.92 Å². The normalized spacial score (nSPS) is 20.7. The second-order valence-corrected chi connectivity index (χ2v) is 6.74. The monoisotopic (exact) mass is 325 g/mol. The molecule has 2 N–H and O–H groups in total. The van der Waals surface area contributed by atoms with Gasteiger partial charge in [0.05, 0.1) is 11.3 Å². The molecule has 1 aliphatic rings. The third-order valence-corrected chi connectivity index (χ3v) is 5.11. The van der Waals surface area contributed by atoms with Crippen LogP contribution >= 0.6 is 11.3 Å². The smallest absolute Gasteiger partial charge is 0.304 e. The minimum atomic E-state index is -0.939. The summed E-state index contributed by atoms with van der Waals surface area (Å²) in [5.74, 6) is -1.54. The Morgan fingerprint density at radius 3 is 2.86 bits per heavy atom. The Morgan fingerprint density at radius 2 is 2.23 bits per heavy atom. The quantitative estimate of drug-likeness (QED) is 0.717. The number of aliphatic carboxylic acids is 1. The molecule has 0 bridgehead atoms. The summed E-state index contributed by atoms with van der Waals surface area (Å²) in [7, 11) is 0. The van der Waals surface area contributed by atoms with E-state index in [0.29, 0.717) is 17.8 Å². The summed E-state index contributed by atoms with van der Waals surface area (Å²) in [6.07, 6.45) is 3.75. The number of likely N-dealkylation sites (tertiary alicyclic amines) is 1. The van der Waals surface area contributed by atoms with Gasteiger partial charge in [-0.3, -0.25) is 14.5 Å². The minimum absolute atomic E-state index is 0.0780. The van der Waals surface area contributed by atoms with E-state index in [1.807, 2.05) is 11.4 Å². The molecule has 0 aliphatic carbocycles. The molecule has 1 aliphatic heterocycles. The van der Waals surface area contributed by atoms with Crippen molar-refractivity contribution < 1.29 is 19.8 Å². The average Bonchev–Trinajstić information content (AvgIpc) is 3.02. The molecule has 0 spiro atoms. The number of aliphatic hydroxyl groups excluding tert-OH is 1. The minimum Gasteiger partial charge on any atom is -0.481 e. The molecule has 2 unspecified atom stereocenters. The zero-order valence-corrected chi connectivity index (χ0v) is 13.4. The van der Waals surface area contributed by atoms with Crippen molar-refractivity contribution in [2.75, 3.05) is 19.7 Å². The predicted molar refractivity (Wildman–Crippen MR) is 85.3 cm³/mol. The number of hydrogen-bond acceptors (Lipinski definition) is 5. The molecule has 1 aromatic heterocycles. The molecule has 6 heteroatoms. The van der Waals surface area contributed by atoms with Crippen molar-refractivity contribution in [1.29, 1.82) is 0 Å². The Bertz CT molecular complexity index is 486. The first-order valence-corrected chi connectivity index (χ1v) is 8.64. The number of hydrogen-bond donors (Lipinski definition) is 2. The second-order valence-electron chi connectivity index (χ2n) is 5.79. The van der Waals surface area contributed by atoms with Crippen molar-refractivity contribution >= 4 is 23.1 Å². The number of Topliss-reactive ketones (excluding diaryl/α,β-unsaturated/α-hetero) is 1. The Hall–Kier alpha value is -1.24. The first-order chi connectivity index (χ1) is 10.6. The van der Waals surface area contributed by atoms with Crippen LogP contribution < -0.4 is 0 Å². The van der Waals surface area contributed by atoms with Crippen molar-refractivity contribution in [2.24, 2.45) is 5.92 Å². The lowest BCUT2D eigenvalue weighted by molar-refractivity contribution is -0.138. The number of rotatable bonds is 8. The summed E-state index contributed by atoms with van der Waals surface area (Å²) in [6.45, 7) is 1.47. The molecule has 2 heterocycles. The Morgan fingerprint density at radius 1 is 1.41 bits per heavy atom. The standard InChI is InChI=1S/C16H23NO4S/c18-8-6-13-4-1-2-7-17(13)11-12(10-15(19)20)16(21)14-5-3-9-22-14/h3,5,9,12-13,18H,1-2,4,6-8,10-11H2,(H,19,20). The summed E-state index contributed by atoms with van der Waals surface area (Å²) >= 11 is 1.36. The van der Waals surface area contributed by atoms with Crippen LogP contribution in [-0.4, -0.2) is 52.6 Å². The molecule has 2 atom stereocenters. The van der Waals surface area contributed by atoms with E-state index in [1.54, 1.807) is 6.07 Å². The Balaban J connectivity index is 2.08. The predicted octanol–water partition coefficient (Wildman–Crippen LogP) is 2.26. The van der Waals surface area contributed by atoms with Crippen molar-refractivity contribution in [3.05, 3.63) is 22.4 Å². The first-order valence-electron chi connectivity index (χ1n) is 7.76. The third-order valence-electron chi connectivity index (χ3n) is 4.22. The highest BCUT2D eigenvalue weighted by molar-refractivity contribution is 7.12. The molecule has 0 amide bonds. The van der Waals surface area contributed by atoms with Gasteiger partial charge in [-0.05, 0) is 37.3 Å². The molecule has 1 saturated heterocycles. The fourth-order valence-corrected chi connectivity index (χ4v) is 3.87. The van der Waals surface area contributed by atoms with Gasteiger partial charge in [0.1, 0.15) is 0 Å². The van der Waals surface area contributed by atoms with Gasteiger partial charge in [0.15, 0.2) is 5.78 Å². The van der Waals surface area contributed by atoms with Gasteiger partial charge in [0, 0.05) is 25.1 Å². The first kappa shape index (κ1) is 17.1. The average molecular weight is 325 g/mol. The summed E-state index contributed by atoms with van der Waals surface area (Å²) in [4.78, 5) is 26.5. The third kappa shape index (κ3) is 4.63. The topological polar surface area (TPSA) is 77.8 Å². The van der Waals surface area contributed by atoms with Crippen LogP contribution in [0.25, 0.3) is 0 Å². The number of carbonyl (C=O) groups excluding carboxylic acids is 1. The molecule has 122 valence electrons. The maximum absolute atomic E-state index is 12.6. The molecule has 22 heavy (non-hydrogen) atoms. The Kier molecular flexibility index (Phi) is 6.54. The van der Waals surface area contributed by atoms with Gasteiger partial charge in [-0.25, -0.2) is 0 Å². The number of aliphatic hydroxyl groups is 1. The molecule has 2 rings (SSSR count). The SMILES string of the molecule is O=C(O)CC(CN1CCCCC1CCO)C(=O)c1cccs1. The molecule has 0 aromatic carbocycles. The highest BCUT2D eigenvalue weighted by atomic mass is 32.1. The second kappa shape index (κ2) is 8.41. The molecule has 0 saturated carbocycles. The van der Waals surface area contributed by atoms with Gasteiger partial charge in [-0.2, -0.15) is 0 Å². The van der Waals surface area contributed by atoms with E-state index in [4.69, 9.17) is 5.11 Å². The zero-order valence-electron chi connectivity index (χ0n) is 12.6. The van der Waals surface area contributed by atoms with Crippen molar-refractivity contribution in [1.82, 2.24) is 4.90 Å². The van der Waals surface area contributed by atoms with Crippen LogP contribution in [-0.2, 0) is 4.79 Å². The number of nitrogens with zero attached hydrogens (tertiary/aromatic N) is 1. The van der Waals surface area contributed by atoms with Gasteiger partial charge in [0.2, 0.25) is 0 Å². The van der Waals surface area contributed by atoms with Crippen LogP contribution in [0.1, 0.15) is 41.8 Å². The highest BCUT2D eigenvalue weighted by Crippen LogP contribution is 2.24. The fraction of sp³-hybridized carbons (Fsp3) is 0.625.